The summed E-state index contributed by atoms with van der Waals surface area (Å²) >= 11 is 1.38. The quantitative estimate of drug-likeness (QED) is 0.576. The van der Waals surface area contributed by atoms with E-state index in [2.05, 4.69) is 16.9 Å². The number of carbonyl (C=O) groups excluding carboxylic acids is 2. The topological polar surface area (TPSA) is 77.5 Å². The largest absolute Gasteiger partial charge is 0.494 e. The molecule has 1 amide bonds. The molecule has 142 valence electrons. The van der Waals surface area contributed by atoms with Crippen molar-refractivity contribution in [2.45, 2.75) is 19.8 Å². The van der Waals surface area contributed by atoms with Gasteiger partial charge in [0.2, 0.25) is 5.91 Å². The highest BCUT2D eigenvalue weighted by Crippen LogP contribution is 2.32. The average molecular weight is 386 g/mol. The van der Waals surface area contributed by atoms with Crippen molar-refractivity contribution in [2.24, 2.45) is 11.8 Å². The predicted molar refractivity (Wildman–Crippen MR) is 106 cm³/mol. The number of ether oxygens (including phenoxy) is 2. The summed E-state index contributed by atoms with van der Waals surface area (Å²) in [4.78, 5) is 29.5. The van der Waals surface area contributed by atoms with E-state index < -0.39 is 11.8 Å². The van der Waals surface area contributed by atoms with Crippen molar-refractivity contribution in [1.29, 1.82) is 0 Å². The fourth-order valence-corrected chi connectivity index (χ4v) is 3.92. The van der Waals surface area contributed by atoms with Crippen LogP contribution in [0.3, 0.4) is 0 Å². The number of nitrogens with one attached hydrogen (secondary N) is 1. The molecule has 27 heavy (non-hydrogen) atoms. The first-order valence-corrected chi connectivity index (χ1v) is 9.70. The summed E-state index contributed by atoms with van der Waals surface area (Å²) in [6.07, 6.45) is 6.35. The van der Waals surface area contributed by atoms with Crippen molar-refractivity contribution in [3.63, 3.8) is 0 Å². The highest BCUT2D eigenvalue weighted by molar-refractivity contribution is 7.22. The molecule has 7 heteroatoms. The zero-order valence-electron chi connectivity index (χ0n) is 15.1. The van der Waals surface area contributed by atoms with Gasteiger partial charge in [-0.1, -0.05) is 36.1 Å². The van der Waals surface area contributed by atoms with E-state index in [1.165, 1.54) is 17.4 Å². The van der Waals surface area contributed by atoms with Gasteiger partial charge in [0.25, 0.3) is 0 Å². The Morgan fingerprint density at radius 3 is 2.85 bits per heavy atom. The molecule has 0 saturated carbocycles. The standard InChI is InChI=1S/C20H22N2O4S/c1-3-11-26-19(24)15-8-6-5-7-14(15)18(23)22-20-21-16-10-9-13(25-4-2)12-17(16)27-20/h3,5-6,9-10,12,14-15H,1,4,7-8,11H2,2H3,(H,21,22,23)/t14-,15-/m0/s1. The van der Waals surface area contributed by atoms with Crippen molar-refractivity contribution in [1.82, 2.24) is 4.98 Å². The van der Waals surface area contributed by atoms with Crippen molar-refractivity contribution in [3.05, 3.63) is 43.0 Å². The van der Waals surface area contributed by atoms with Crippen LogP contribution in [0.2, 0.25) is 0 Å². The number of amides is 1. The van der Waals surface area contributed by atoms with Crippen molar-refractivity contribution < 1.29 is 19.1 Å². The Hall–Kier alpha value is -2.67. The van der Waals surface area contributed by atoms with E-state index in [-0.39, 0.29) is 18.5 Å². The summed E-state index contributed by atoms with van der Waals surface area (Å²) in [6, 6.07) is 5.63. The molecule has 0 bridgehead atoms. The molecule has 2 atom stereocenters. The number of allylic oxidation sites excluding steroid dienone is 2. The van der Waals surface area contributed by atoms with E-state index in [0.29, 0.717) is 24.6 Å². The smallest absolute Gasteiger partial charge is 0.310 e. The Balaban J connectivity index is 1.73. The molecule has 1 aliphatic carbocycles. The fraction of sp³-hybridized carbons (Fsp3) is 0.350. The van der Waals surface area contributed by atoms with Gasteiger partial charge >= 0.3 is 5.97 Å². The van der Waals surface area contributed by atoms with Crippen LogP contribution in [-0.4, -0.2) is 30.1 Å². The number of fused-ring (bicyclic) bond motifs is 1. The van der Waals surface area contributed by atoms with Gasteiger partial charge in [0.15, 0.2) is 5.13 Å². The van der Waals surface area contributed by atoms with E-state index in [0.717, 1.165) is 16.0 Å². The maximum atomic E-state index is 12.8. The Labute approximate surface area is 161 Å². The van der Waals surface area contributed by atoms with E-state index in [9.17, 15) is 9.59 Å². The van der Waals surface area contributed by atoms with Crippen LogP contribution < -0.4 is 10.1 Å². The molecular weight excluding hydrogens is 364 g/mol. The molecular formula is C20H22N2O4S. The van der Waals surface area contributed by atoms with Gasteiger partial charge in [0.05, 0.1) is 28.7 Å². The second kappa shape index (κ2) is 8.81. The van der Waals surface area contributed by atoms with Crippen LogP contribution in [0.15, 0.2) is 43.0 Å². The van der Waals surface area contributed by atoms with Gasteiger partial charge in [0, 0.05) is 0 Å². The Kier molecular flexibility index (Phi) is 6.24. The summed E-state index contributed by atoms with van der Waals surface area (Å²) in [6.45, 7) is 6.20. The molecule has 0 spiro atoms. The van der Waals surface area contributed by atoms with Crippen LogP contribution in [0.4, 0.5) is 5.13 Å². The van der Waals surface area contributed by atoms with E-state index >= 15 is 0 Å². The molecule has 0 fully saturated rings. The maximum Gasteiger partial charge on any atom is 0.310 e. The van der Waals surface area contributed by atoms with Crippen LogP contribution in [0.1, 0.15) is 19.8 Å². The van der Waals surface area contributed by atoms with E-state index in [1.807, 2.05) is 37.3 Å². The summed E-state index contributed by atoms with van der Waals surface area (Å²) in [5, 5.41) is 3.37. The normalized spacial score (nSPS) is 18.9. The van der Waals surface area contributed by atoms with Crippen LogP contribution in [0, 0.1) is 11.8 Å². The van der Waals surface area contributed by atoms with Gasteiger partial charge in [0.1, 0.15) is 12.4 Å². The van der Waals surface area contributed by atoms with Gasteiger partial charge in [-0.3, -0.25) is 9.59 Å². The van der Waals surface area contributed by atoms with Crippen LogP contribution in [0.25, 0.3) is 10.2 Å². The third-order valence-electron chi connectivity index (χ3n) is 4.32. The minimum atomic E-state index is -0.492. The highest BCUT2D eigenvalue weighted by atomic mass is 32.1. The lowest BCUT2D eigenvalue weighted by molar-refractivity contribution is -0.151. The molecule has 0 unspecified atom stereocenters. The van der Waals surface area contributed by atoms with Crippen molar-refractivity contribution >= 4 is 38.6 Å². The van der Waals surface area contributed by atoms with Crippen molar-refractivity contribution in [3.8, 4) is 5.75 Å². The van der Waals surface area contributed by atoms with Gasteiger partial charge in [-0.05, 0) is 38.0 Å². The number of hydrogen-bond acceptors (Lipinski definition) is 6. The molecule has 3 rings (SSSR count). The highest BCUT2D eigenvalue weighted by Gasteiger charge is 2.35. The maximum absolute atomic E-state index is 12.8. The third kappa shape index (κ3) is 4.54. The lowest BCUT2D eigenvalue weighted by atomic mass is 9.82. The summed E-state index contributed by atoms with van der Waals surface area (Å²) in [5.74, 6) is -0.782. The first-order valence-electron chi connectivity index (χ1n) is 8.89. The third-order valence-corrected chi connectivity index (χ3v) is 5.25. The molecule has 0 aliphatic heterocycles. The van der Waals surface area contributed by atoms with Crippen LogP contribution >= 0.6 is 11.3 Å². The first kappa shape index (κ1) is 19.1. The summed E-state index contributed by atoms with van der Waals surface area (Å²) in [5.41, 5.74) is 0.796. The number of thiazole rings is 1. The van der Waals surface area contributed by atoms with Crippen LogP contribution in [-0.2, 0) is 14.3 Å². The lowest BCUT2D eigenvalue weighted by Gasteiger charge is -2.25. The van der Waals surface area contributed by atoms with E-state index in [1.54, 1.807) is 0 Å². The number of esters is 1. The predicted octanol–water partition coefficient (Wildman–Crippen LogP) is 3.95. The summed E-state index contributed by atoms with van der Waals surface area (Å²) < 4.78 is 11.6. The SMILES string of the molecule is C=CCOC(=O)[C@H]1CC=CC[C@@H]1C(=O)Nc1nc2ccc(OCC)cc2s1. The molecule has 1 aliphatic rings. The van der Waals surface area contributed by atoms with Crippen molar-refractivity contribution in [2.75, 3.05) is 18.5 Å². The molecule has 1 aromatic carbocycles. The first-order chi connectivity index (χ1) is 13.1. The number of anilines is 1. The number of nitrogens with zero attached hydrogens (tertiary/aromatic N) is 1. The number of rotatable bonds is 7. The zero-order chi connectivity index (χ0) is 19.2. The second-order valence-electron chi connectivity index (χ2n) is 6.15. The minimum Gasteiger partial charge on any atom is -0.494 e. The Morgan fingerprint density at radius 1 is 1.33 bits per heavy atom. The summed E-state index contributed by atoms with van der Waals surface area (Å²) in [7, 11) is 0. The van der Waals surface area contributed by atoms with Gasteiger partial charge in [-0.15, -0.1) is 0 Å². The van der Waals surface area contributed by atoms with Gasteiger partial charge in [-0.2, -0.15) is 0 Å². The number of carbonyl (C=O) groups is 2. The monoisotopic (exact) mass is 386 g/mol. The Morgan fingerprint density at radius 2 is 2.11 bits per heavy atom. The number of aromatic nitrogens is 1. The molecule has 1 heterocycles. The van der Waals surface area contributed by atoms with Gasteiger partial charge in [-0.25, -0.2) is 4.98 Å². The molecule has 1 N–H and O–H groups in total. The Bertz CT molecular complexity index is 874. The average Bonchev–Trinajstić information content (AvgIpc) is 3.07. The second-order valence-corrected chi connectivity index (χ2v) is 7.18. The molecule has 0 radical (unpaired) electrons. The zero-order valence-corrected chi connectivity index (χ0v) is 16.0. The van der Waals surface area contributed by atoms with Crippen LogP contribution in [0.5, 0.6) is 5.75 Å². The number of benzene rings is 1. The molecule has 0 saturated heterocycles. The number of hydrogen-bond donors (Lipinski definition) is 1. The lowest BCUT2D eigenvalue weighted by Crippen LogP contribution is -2.35. The molecule has 2 aromatic rings. The molecule has 6 nitrogen and oxygen atoms in total. The molecule has 1 aromatic heterocycles. The minimum absolute atomic E-state index is 0.146. The van der Waals surface area contributed by atoms with E-state index in [4.69, 9.17) is 9.47 Å². The van der Waals surface area contributed by atoms with Gasteiger partial charge < -0.3 is 14.8 Å². The fourth-order valence-electron chi connectivity index (χ4n) is 3.03.